The fourth-order valence-corrected chi connectivity index (χ4v) is 4.02. The summed E-state index contributed by atoms with van der Waals surface area (Å²) in [6, 6.07) is 13.6. The van der Waals surface area contributed by atoms with Crippen LogP contribution in [-0.4, -0.2) is 33.2 Å². The van der Waals surface area contributed by atoms with E-state index in [2.05, 4.69) is 5.32 Å². The fraction of sp³-hybridized carbons (Fsp3) is 0.350. The van der Waals surface area contributed by atoms with Gasteiger partial charge in [-0.2, -0.15) is 0 Å². The lowest BCUT2D eigenvalue weighted by Gasteiger charge is -2.28. The summed E-state index contributed by atoms with van der Waals surface area (Å²) in [5.41, 5.74) is 2.22. The first-order valence-corrected chi connectivity index (χ1v) is 10.6. The minimum Gasteiger partial charge on any atom is -0.494 e. The molecule has 0 radical (unpaired) electrons. The molecule has 0 heterocycles. The van der Waals surface area contributed by atoms with E-state index in [4.69, 9.17) is 4.74 Å². The molecule has 146 valence electrons. The van der Waals surface area contributed by atoms with Gasteiger partial charge in [0.1, 0.15) is 11.8 Å². The molecule has 0 bridgehead atoms. The molecule has 1 atom stereocenters. The van der Waals surface area contributed by atoms with Crippen molar-refractivity contribution >= 4 is 21.6 Å². The maximum atomic E-state index is 12.7. The van der Waals surface area contributed by atoms with E-state index in [0.717, 1.165) is 21.7 Å². The van der Waals surface area contributed by atoms with Gasteiger partial charge in [-0.05, 0) is 44.5 Å². The third kappa shape index (κ3) is 5.47. The number of nitrogens with zero attached hydrogens (tertiary/aromatic N) is 1. The molecule has 1 N–H and O–H groups in total. The number of anilines is 1. The lowest BCUT2D eigenvalue weighted by Crippen LogP contribution is -2.47. The van der Waals surface area contributed by atoms with Crippen molar-refractivity contribution in [3.63, 3.8) is 0 Å². The number of hydrogen-bond donors (Lipinski definition) is 1. The van der Waals surface area contributed by atoms with Gasteiger partial charge in [-0.1, -0.05) is 30.3 Å². The van der Waals surface area contributed by atoms with E-state index in [9.17, 15) is 13.2 Å². The number of sulfonamides is 1. The van der Waals surface area contributed by atoms with Gasteiger partial charge in [-0.15, -0.1) is 0 Å². The predicted octanol–water partition coefficient (Wildman–Crippen LogP) is 2.86. The molecule has 2 rings (SSSR count). The average molecular weight is 391 g/mol. The molecule has 7 heteroatoms. The van der Waals surface area contributed by atoms with Crippen LogP contribution in [0.1, 0.15) is 25.0 Å². The summed E-state index contributed by atoms with van der Waals surface area (Å²) in [6.07, 6.45) is 1.10. The molecular weight excluding hydrogens is 364 g/mol. The Morgan fingerprint density at radius 1 is 1.19 bits per heavy atom. The standard InChI is InChI=1S/C20H26N2O4S/c1-5-26-19-12-7-6-10-17(19)14-21-20(23)16(3)22(27(4,24)25)18-11-8-9-15(2)13-18/h6-13,16H,5,14H2,1-4H3,(H,21,23)/t16-/m0/s1. The van der Waals surface area contributed by atoms with Gasteiger partial charge in [0.05, 0.1) is 18.6 Å². The molecular formula is C20H26N2O4S. The molecule has 2 aromatic carbocycles. The molecule has 2 aromatic rings. The normalized spacial score (nSPS) is 12.3. The van der Waals surface area contributed by atoms with E-state index >= 15 is 0 Å². The lowest BCUT2D eigenvalue weighted by molar-refractivity contribution is -0.122. The van der Waals surface area contributed by atoms with Crippen LogP contribution in [0.4, 0.5) is 5.69 Å². The van der Waals surface area contributed by atoms with Gasteiger partial charge in [-0.25, -0.2) is 8.42 Å². The average Bonchev–Trinajstić information content (AvgIpc) is 2.60. The Balaban J connectivity index is 2.19. The van der Waals surface area contributed by atoms with Crippen molar-refractivity contribution in [3.8, 4) is 5.75 Å². The van der Waals surface area contributed by atoms with Crippen LogP contribution in [0.5, 0.6) is 5.75 Å². The van der Waals surface area contributed by atoms with Gasteiger partial charge in [0.2, 0.25) is 15.9 Å². The monoisotopic (exact) mass is 390 g/mol. The van der Waals surface area contributed by atoms with Gasteiger partial charge >= 0.3 is 0 Å². The highest BCUT2D eigenvalue weighted by Gasteiger charge is 2.29. The van der Waals surface area contributed by atoms with Gasteiger partial charge in [0.25, 0.3) is 0 Å². The Morgan fingerprint density at radius 3 is 2.52 bits per heavy atom. The van der Waals surface area contributed by atoms with Gasteiger partial charge in [0.15, 0.2) is 0 Å². The quantitative estimate of drug-likeness (QED) is 0.752. The van der Waals surface area contributed by atoms with Crippen molar-refractivity contribution < 1.29 is 17.9 Å². The van der Waals surface area contributed by atoms with E-state index in [1.54, 1.807) is 25.1 Å². The van der Waals surface area contributed by atoms with E-state index < -0.39 is 16.1 Å². The number of benzene rings is 2. The summed E-state index contributed by atoms with van der Waals surface area (Å²) in [4.78, 5) is 12.7. The second kappa shape index (κ2) is 8.90. The topological polar surface area (TPSA) is 75.7 Å². The van der Waals surface area contributed by atoms with Gasteiger partial charge < -0.3 is 10.1 Å². The largest absolute Gasteiger partial charge is 0.494 e. The number of hydrogen-bond acceptors (Lipinski definition) is 4. The molecule has 0 saturated carbocycles. The van der Waals surface area contributed by atoms with Crippen molar-refractivity contribution in [1.29, 1.82) is 0 Å². The number of rotatable bonds is 8. The Hall–Kier alpha value is -2.54. The molecule has 0 aliphatic heterocycles. The van der Waals surface area contributed by atoms with Crippen LogP contribution in [0.25, 0.3) is 0 Å². The summed E-state index contributed by atoms with van der Waals surface area (Å²) < 4.78 is 31.4. The van der Waals surface area contributed by atoms with Crippen molar-refractivity contribution in [2.24, 2.45) is 0 Å². The second-order valence-corrected chi connectivity index (χ2v) is 8.19. The molecule has 0 saturated heterocycles. The van der Waals surface area contributed by atoms with E-state index in [0.29, 0.717) is 18.0 Å². The summed E-state index contributed by atoms with van der Waals surface area (Å²) >= 11 is 0. The van der Waals surface area contributed by atoms with Crippen LogP contribution in [-0.2, 0) is 21.4 Å². The third-order valence-electron chi connectivity index (χ3n) is 4.07. The number of ether oxygens (including phenoxy) is 1. The molecule has 0 aromatic heterocycles. The first-order chi connectivity index (χ1) is 12.7. The van der Waals surface area contributed by atoms with Gasteiger partial charge in [-0.3, -0.25) is 9.10 Å². The van der Waals surface area contributed by atoms with E-state index in [1.165, 1.54) is 0 Å². The molecule has 0 spiro atoms. The first kappa shape index (κ1) is 20.8. The Morgan fingerprint density at radius 2 is 1.89 bits per heavy atom. The van der Waals surface area contributed by atoms with Crippen molar-refractivity contribution in [2.45, 2.75) is 33.4 Å². The lowest BCUT2D eigenvalue weighted by atomic mass is 10.2. The zero-order valence-electron chi connectivity index (χ0n) is 16.1. The summed E-state index contributed by atoms with van der Waals surface area (Å²) in [5.74, 6) is 0.319. The number of nitrogens with one attached hydrogen (secondary N) is 1. The van der Waals surface area contributed by atoms with Crippen molar-refractivity contribution in [1.82, 2.24) is 5.32 Å². The fourth-order valence-electron chi connectivity index (χ4n) is 2.85. The number of carbonyl (C=O) groups excluding carboxylic acids is 1. The molecule has 27 heavy (non-hydrogen) atoms. The Kier molecular flexibility index (Phi) is 6.85. The molecule has 0 aliphatic carbocycles. The molecule has 1 amide bonds. The van der Waals surface area contributed by atoms with Crippen LogP contribution in [0, 0.1) is 6.92 Å². The number of aryl methyl sites for hydroxylation is 1. The summed E-state index contributed by atoms with van der Waals surface area (Å²) in [5, 5.41) is 2.81. The number of amides is 1. The summed E-state index contributed by atoms with van der Waals surface area (Å²) in [6.45, 7) is 6.12. The highest BCUT2D eigenvalue weighted by molar-refractivity contribution is 7.92. The second-order valence-electron chi connectivity index (χ2n) is 6.33. The van der Waals surface area contributed by atoms with E-state index in [-0.39, 0.29) is 12.5 Å². The zero-order valence-corrected chi connectivity index (χ0v) is 16.9. The van der Waals surface area contributed by atoms with Crippen LogP contribution >= 0.6 is 0 Å². The Labute approximate surface area is 161 Å². The zero-order chi connectivity index (χ0) is 20.0. The SMILES string of the molecule is CCOc1ccccc1CNC(=O)[C@H](C)N(c1cccc(C)c1)S(C)(=O)=O. The molecule has 6 nitrogen and oxygen atoms in total. The molecule has 0 unspecified atom stereocenters. The smallest absolute Gasteiger partial charge is 0.243 e. The third-order valence-corrected chi connectivity index (χ3v) is 5.31. The van der Waals surface area contributed by atoms with Crippen molar-refractivity contribution in [3.05, 3.63) is 59.7 Å². The van der Waals surface area contributed by atoms with Crippen LogP contribution in [0.15, 0.2) is 48.5 Å². The minimum absolute atomic E-state index is 0.255. The maximum Gasteiger partial charge on any atom is 0.243 e. The number of carbonyl (C=O) groups is 1. The first-order valence-electron chi connectivity index (χ1n) is 8.78. The van der Waals surface area contributed by atoms with Crippen LogP contribution < -0.4 is 14.4 Å². The Bertz CT molecular complexity index is 896. The minimum atomic E-state index is -3.63. The van der Waals surface area contributed by atoms with Gasteiger partial charge in [0, 0.05) is 12.1 Å². The molecule has 0 fully saturated rings. The highest BCUT2D eigenvalue weighted by Crippen LogP contribution is 2.22. The van der Waals surface area contributed by atoms with Crippen molar-refractivity contribution in [2.75, 3.05) is 17.2 Å². The van der Waals surface area contributed by atoms with E-state index in [1.807, 2.05) is 44.2 Å². The predicted molar refractivity (Wildman–Crippen MR) is 107 cm³/mol. The summed E-state index contributed by atoms with van der Waals surface area (Å²) in [7, 11) is -3.63. The number of para-hydroxylation sites is 1. The van der Waals surface area contributed by atoms with Crippen LogP contribution in [0.2, 0.25) is 0 Å². The van der Waals surface area contributed by atoms with Crippen LogP contribution in [0.3, 0.4) is 0 Å². The molecule has 0 aliphatic rings. The highest BCUT2D eigenvalue weighted by atomic mass is 32.2. The maximum absolute atomic E-state index is 12.7.